The number of aliphatic hydroxyl groups excluding tert-OH is 5. The second kappa shape index (κ2) is 49.8. The number of ether oxygens (including phenoxy) is 2. The zero-order valence-corrected chi connectivity index (χ0v) is 45.2. The van der Waals surface area contributed by atoms with Crippen molar-refractivity contribution in [3.8, 4) is 0 Å². The minimum absolute atomic E-state index is 0.131. The molecular formula is C59H117NO8. The van der Waals surface area contributed by atoms with Gasteiger partial charge in [0, 0.05) is 6.42 Å². The molecule has 0 spiro atoms. The molecule has 7 atom stereocenters. The summed E-state index contributed by atoms with van der Waals surface area (Å²) in [6.07, 6.45) is 53.0. The molecule has 0 saturated carbocycles. The third kappa shape index (κ3) is 38.8. The maximum atomic E-state index is 13.1. The molecule has 1 rings (SSSR count). The highest BCUT2D eigenvalue weighted by molar-refractivity contribution is 5.76. The number of nitrogens with one attached hydrogen (secondary N) is 1. The number of hydrogen-bond donors (Lipinski definition) is 6. The highest BCUT2D eigenvalue weighted by Gasteiger charge is 2.44. The molecule has 1 amide bonds. The Morgan fingerprint density at radius 3 is 1.04 bits per heavy atom. The summed E-state index contributed by atoms with van der Waals surface area (Å²) in [5.74, 6) is -0.136. The molecule has 1 fully saturated rings. The van der Waals surface area contributed by atoms with Gasteiger partial charge in [0.1, 0.15) is 24.4 Å². The van der Waals surface area contributed by atoms with Gasteiger partial charge in [0.05, 0.1) is 25.4 Å². The van der Waals surface area contributed by atoms with Crippen molar-refractivity contribution in [2.24, 2.45) is 0 Å². The zero-order valence-electron chi connectivity index (χ0n) is 45.2. The van der Waals surface area contributed by atoms with Crippen LogP contribution < -0.4 is 5.32 Å². The molecule has 0 aromatic heterocycles. The summed E-state index contributed by atoms with van der Waals surface area (Å²) in [7, 11) is 0. The number of hydrogen-bond acceptors (Lipinski definition) is 8. The van der Waals surface area contributed by atoms with Crippen molar-refractivity contribution in [1.82, 2.24) is 5.32 Å². The molecule has 1 aliphatic heterocycles. The van der Waals surface area contributed by atoms with Crippen LogP contribution in [-0.4, -0.2) is 87.5 Å². The fourth-order valence-corrected chi connectivity index (χ4v) is 10.2. The molecule has 1 heterocycles. The Balaban J connectivity index is 2.09. The van der Waals surface area contributed by atoms with Gasteiger partial charge in [-0.05, 0) is 12.8 Å². The van der Waals surface area contributed by atoms with Gasteiger partial charge in [-0.25, -0.2) is 0 Å². The van der Waals surface area contributed by atoms with Crippen LogP contribution >= 0.6 is 0 Å². The first-order valence-corrected chi connectivity index (χ1v) is 30.2. The molecule has 9 heteroatoms. The maximum Gasteiger partial charge on any atom is 0.220 e. The SMILES string of the molecule is CCCCCCCCCCCCCCCCCCCCCCCCCCCCCCCCCC(=O)NC(COC1OC(CO)C(O)C(O)C1O)C(O)CCCCCCCCCCCCCCCC. The van der Waals surface area contributed by atoms with Crippen LogP contribution in [0.15, 0.2) is 0 Å². The van der Waals surface area contributed by atoms with E-state index in [4.69, 9.17) is 9.47 Å². The first kappa shape index (κ1) is 65.2. The van der Waals surface area contributed by atoms with Crippen molar-refractivity contribution in [3.63, 3.8) is 0 Å². The second-order valence-electron chi connectivity index (χ2n) is 21.5. The van der Waals surface area contributed by atoms with Crippen LogP contribution in [0.4, 0.5) is 0 Å². The predicted octanol–water partition coefficient (Wildman–Crippen LogP) is 15.0. The lowest BCUT2D eigenvalue weighted by molar-refractivity contribution is -0.302. The van der Waals surface area contributed by atoms with E-state index in [1.807, 2.05) is 0 Å². The van der Waals surface area contributed by atoms with Crippen LogP contribution in [0.2, 0.25) is 0 Å². The molecule has 0 aromatic rings. The van der Waals surface area contributed by atoms with Gasteiger partial charge in [0.15, 0.2) is 6.29 Å². The van der Waals surface area contributed by atoms with E-state index in [-0.39, 0.29) is 12.5 Å². The molecule has 1 aliphatic rings. The Morgan fingerprint density at radius 1 is 0.441 bits per heavy atom. The van der Waals surface area contributed by atoms with Gasteiger partial charge in [-0.3, -0.25) is 4.79 Å². The van der Waals surface area contributed by atoms with Crippen molar-refractivity contribution in [2.45, 2.75) is 358 Å². The normalized spacial score (nSPS) is 19.4. The minimum atomic E-state index is -1.55. The quantitative estimate of drug-likeness (QED) is 0.0330. The van der Waals surface area contributed by atoms with E-state index in [0.29, 0.717) is 12.8 Å². The van der Waals surface area contributed by atoms with Crippen LogP contribution in [0.3, 0.4) is 0 Å². The van der Waals surface area contributed by atoms with Gasteiger partial charge in [0.25, 0.3) is 0 Å². The Bertz CT molecular complexity index is 1030. The third-order valence-corrected chi connectivity index (χ3v) is 15.0. The van der Waals surface area contributed by atoms with E-state index in [2.05, 4.69) is 19.2 Å². The number of unbranched alkanes of at least 4 members (excludes halogenated alkanes) is 43. The van der Waals surface area contributed by atoms with E-state index in [0.717, 1.165) is 38.5 Å². The lowest BCUT2D eigenvalue weighted by Crippen LogP contribution is -2.60. The van der Waals surface area contributed by atoms with E-state index in [9.17, 15) is 30.3 Å². The molecular weight excluding hydrogens is 851 g/mol. The summed E-state index contributed by atoms with van der Waals surface area (Å²) >= 11 is 0. The largest absolute Gasteiger partial charge is 0.394 e. The summed E-state index contributed by atoms with van der Waals surface area (Å²) in [6.45, 7) is 3.88. The minimum Gasteiger partial charge on any atom is -0.394 e. The lowest BCUT2D eigenvalue weighted by atomic mass is 9.99. The van der Waals surface area contributed by atoms with Crippen LogP contribution in [0.1, 0.15) is 316 Å². The molecule has 7 unspecified atom stereocenters. The standard InChI is InChI=1S/C59H117NO8/c1-3-5-7-9-11-13-15-17-19-20-21-22-23-24-25-26-27-28-29-30-31-32-33-34-35-37-39-41-43-45-47-49-55(63)60-52(51-67-59-58(66)57(65)56(64)54(50-61)68-59)53(62)48-46-44-42-40-38-36-18-16-14-12-10-8-6-4-2/h52-54,56-59,61-62,64-66H,3-51H2,1-2H3,(H,60,63). The van der Waals surface area contributed by atoms with Gasteiger partial charge >= 0.3 is 0 Å². The van der Waals surface area contributed by atoms with Gasteiger partial charge < -0.3 is 40.3 Å². The molecule has 1 saturated heterocycles. The van der Waals surface area contributed by atoms with Crippen molar-refractivity contribution in [3.05, 3.63) is 0 Å². The molecule has 0 aliphatic carbocycles. The fraction of sp³-hybridized carbons (Fsp3) is 0.983. The molecule has 0 aromatic carbocycles. The van der Waals surface area contributed by atoms with E-state index < -0.39 is 49.5 Å². The average molecular weight is 969 g/mol. The predicted molar refractivity (Wildman–Crippen MR) is 286 cm³/mol. The molecule has 406 valence electrons. The van der Waals surface area contributed by atoms with Crippen LogP contribution in [0.5, 0.6) is 0 Å². The van der Waals surface area contributed by atoms with Crippen molar-refractivity contribution in [2.75, 3.05) is 13.2 Å². The van der Waals surface area contributed by atoms with Crippen LogP contribution in [-0.2, 0) is 14.3 Å². The lowest BCUT2D eigenvalue weighted by Gasteiger charge is -2.40. The Labute approximate surface area is 421 Å². The number of rotatable bonds is 53. The zero-order chi connectivity index (χ0) is 49.4. The molecule has 0 bridgehead atoms. The summed E-state index contributed by atoms with van der Waals surface area (Å²) in [6, 6.07) is -0.713. The number of aliphatic hydroxyl groups is 5. The van der Waals surface area contributed by atoms with Crippen molar-refractivity contribution >= 4 is 5.91 Å². The number of carbonyl (C=O) groups excluding carboxylic acids is 1. The molecule has 68 heavy (non-hydrogen) atoms. The van der Waals surface area contributed by atoms with E-state index >= 15 is 0 Å². The van der Waals surface area contributed by atoms with Gasteiger partial charge in [0.2, 0.25) is 5.91 Å². The summed E-state index contributed by atoms with van der Waals surface area (Å²) < 4.78 is 11.3. The monoisotopic (exact) mass is 968 g/mol. The smallest absolute Gasteiger partial charge is 0.220 e. The average Bonchev–Trinajstić information content (AvgIpc) is 3.34. The molecule has 6 N–H and O–H groups in total. The van der Waals surface area contributed by atoms with E-state index in [1.165, 1.54) is 250 Å². The van der Waals surface area contributed by atoms with Crippen LogP contribution in [0.25, 0.3) is 0 Å². The van der Waals surface area contributed by atoms with Gasteiger partial charge in [-0.1, -0.05) is 296 Å². The third-order valence-electron chi connectivity index (χ3n) is 15.0. The van der Waals surface area contributed by atoms with Crippen molar-refractivity contribution in [1.29, 1.82) is 0 Å². The van der Waals surface area contributed by atoms with Crippen molar-refractivity contribution < 1.29 is 39.8 Å². The second-order valence-corrected chi connectivity index (χ2v) is 21.5. The highest BCUT2D eigenvalue weighted by Crippen LogP contribution is 2.24. The molecule has 0 radical (unpaired) electrons. The summed E-state index contributed by atoms with van der Waals surface area (Å²) in [4.78, 5) is 13.1. The van der Waals surface area contributed by atoms with Crippen LogP contribution in [0, 0.1) is 0 Å². The highest BCUT2D eigenvalue weighted by atomic mass is 16.7. The Hall–Kier alpha value is -0.810. The summed E-state index contributed by atoms with van der Waals surface area (Å²) in [5, 5.41) is 54.6. The Kier molecular flexibility index (Phi) is 47.7. The number of carbonyl (C=O) groups is 1. The number of amides is 1. The topological polar surface area (TPSA) is 149 Å². The first-order chi connectivity index (χ1) is 33.3. The summed E-state index contributed by atoms with van der Waals surface area (Å²) in [5.41, 5.74) is 0. The van der Waals surface area contributed by atoms with Gasteiger partial charge in [-0.2, -0.15) is 0 Å². The maximum absolute atomic E-state index is 13.1. The van der Waals surface area contributed by atoms with Gasteiger partial charge in [-0.15, -0.1) is 0 Å². The Morgan fingerprint density at radius 2 is 0.735 bits per heavy atom. The molecule has 9 nitrogen and oxygen atoms in total. The fourth-order valence-electron chi connectivity index (χ4n) is 10.2. The van der Waals surface area contributed by atoms with E-state index in [1.54, 1.807) is 0 Å². The first-order valence-electron chi connectivity index (χ1n) is 30.2.